The fourth-order valence-electron chi connectivity index (χ4n) is 3.52. The molecule has 4 rings (SSSR count). The van der Waals surface area contributed by atoms with E-state index in [1.165, 1.54) is 5.56 Å². The van der Waals surface area contributed by atoms with Gasteiger partial charge in [-0.05, 0) is 41.5 Å². The van der Waals surface area contributed by atoms with Crippen LogP contribution in [0.2, 0.25) is 0 Å². The molecule has 8 heteroatoms. The van der Waals surface area contributed by atoms with Gasteiger partial charge in [0, 0.05) is 26.2 Å². The van der Waals surface area contributed by atoms with Gasteiger partial charge in [0.2, 0.25) is 10.0 Å². The molecule has 2 aromatic heterocycles. The minimum Gasteiger partial charge on any atom is -0.353 e. The zero-order valence-electron chi connectivity index (χ0n) is 16.1. The number of anilines is 1. The molecule has 0 bridgehead atoms. The lowest BCUT2D eigenvalue weighted by Gasteiger charge is -2.34. The van der Waals surface area contributed by atoms with Crippen molar-refractivity contribution in [3.63, 3.8) is 0 Å². The van der Waals surface area contributed by atoms with Crippen LogP contribution < -0.4 is 4.90 Å². The van der Waals surface area contributed by atoms with E-state index in [1.54, 1.807) is 34.1 Å². The lowest BCUT2D eigenvalue weighted by atomic mass is 9.99. The Labute approximate surface area is 169 Å². The van der Waals surface area contributed by atoms with Gasteiger partial charge in [0.15, 0.2) is 0 Å². The summed E-state index contributed by atoms with van der Waals surface area (Å²) in [5.41, 5.74) is 1.18. The minimum atomic E-state index is -3.47. The number of rotatable bonds is 5. The molecule has 28 heavy (non-hydrogen) atoms. The maximum Gasteiger partial charge on any atom is 0.243 e. The summed E-state index contributed by atoms with van der Waals surface area (Å²) >= 11 is 1.59. The van der Waals surface area contributed by atoms with Crippen LogP contribution in [0.25, 0.3) is 10.2 Å². The molecule has 1 saturated heterocycles. The van der Waals surface area contributed by atoms with Crippen LogP contribution >= 0.6 is 11.3 Å². The molecule has 0 saturated carbocycles. The highest BCUT2D eigenvalue weighted by atomic mass is 32.2. The summed E-state index contributed by atoms with van der Waals surface area (Å²) in [5.74, 6) is 1.32. The zero-order chi connectivity index (χ0) is 19.7. The second kappa shape index (κ2) is 7.77. The van der Waals surface area contributed by atoms with E-state index in [0.717, 1.165) is 22.5 Å². The maximum atomic E-state index is 13.0. The number of thiophene rings is 1. The average Bonchev–Trinajstić information content (AvgIpc) is 3.22. The molecule has 0 amide bonds. The first kappa shape index (κ1) is 19.3. The van der Waals surface area contributed by atoms with Crippen molar-refractivity contribution >= 4 is 37.4 Å². The SMILES string of the molecule is CC[C@@H](C)c1ccc(S(=O)(=O)N2CCN(c3ncnc4sccc34)CC2)cc1. The van der Waals surface area contributed by atoms with Gasteiger partial charge >= 0.3 is 0 Å². The normalized spacial score (nSPS) is 17.1. The lowest BCUT2D eigenvalue weighted by Crippen LogP contribution is -2.49. The van der Waals surface area contributed by atoms with Crippen molar-refractivity contribution in [2.24, 2.45) is 0 Å². The Kier molecular flexibility index (Phi) is 5.35. The molecule has 3 aromatic rings. The van der Waals surface area contributed by atoms with Gasteiger partial charge in [0.25, 0.3) is 0 Å². The molecular weight excluding hydrogens is 392 g/mol. The standard InChI is InChI=1S/C20H24N4O2S2/c1-3-15(2)16-4-6-17(7-5-16)28(25,26)24-11-9-23(10-12-24)19-18-8-13-27-20(18)22-14-21-19/h4-8,13-15H,3,9-12H2,1-2H3/t15-/m1/s1. The summed E-state index contributed by atoms with van der Waals surface area (Å²) in [6.45, 7) is 6.42. The molecule has 1 aromatic carbocycles. The molecule has 0 N–H and O–H groups in total. The number of fused-ring (bicyclic) bond motifs is 1. The molecule has 148 valence electrons. The van der Waals surface area contributed by atoms with Crippen LogP contribution in [0.15, 0.2) is 46.9 Å². The molecule has 0 unspecified atom stereocenters. The summed E-state index contributed by atoms with van der Waals surface area (Å²) in [6, 6.07) is 9.37. The third kappa shape index (κ3) is 3.52. The van der Waals surface area contributed by atoms with Gasteiger partial charge in [-0.25, -0.2) is 18.4 Å². The van der Waals surface area contributed by atoms with Crippen molar-refractivity contribution in [1.29, 1.82) is 0 Å². The Hall–Kier alpha value is -2.03. The largest absolute Gasteiger partial charge is 0.353 e. The van der Waals surface area contributed by atoms with Crippen molar-refractivity contribution < 1.29 is 8.42 Å². The Bertz CT molecular complexity index is 1060. The average molecular weight is 417 g/mol. The smallest absolute Gasteiger partial charge is 0.243 e. The Morgan fingerprint density at radius 1 is 1.07 bits per heavy atom. The highest BCUT2D eigenvalue weighted by molar-refractivity contribution is 7.89. The van der Waals surface area contributed by atoms with Gasteiger partial charge in [-0.15, -0.1) is 11.3 Å². The summed E-state index contributed by atoms with van der Waals surface area (Å²) < 4.78 is 27.6. The molecular formula is C20H24N4O2S2. The van der Waals surface area contributed by atoms with Gasteiger partial charge in [-0.1, -0.05) is 26.0 Å². The first-order valence-corrected chi connectivity index (χ1v) is 11.9. The van der Waals surface area contributed by atoms with Gasteiger partial charge < -0.3 is 4.90 Å². The third-order valence-electron chi connectivity index (χ3n) is 5.48. The van der Waals surface area contributed by atoms with Crippen molar-refractivity contribution in [3.05, 3.63) is 47.6 Å². The van der Waals surface area contributed by atoms with E-state index in [-0.39, 0.29) is 0 Å². The number of nitrogens with zero attached hydrogens (tertiary/aromatic N) is 4. The zero-order valence-corrected chi connectivity index (χ0v) is 17.7. The van der Waals surface area contributed by atoms with Gasteiger partial charge in [-0.2, -0.15) is 4.31 Å². The van der Waals surface area contributed by atoms with Crippen molar-refractivity contribution in [3.8, 4) is 0 Å². The fraction of sp³-hybridized carbons (Fsp3) is 0.400. The molecule has 0 aliphatic carbocycles. The summed E-state index contributed by atoms with van der Waals surface area (Å²) in [4.78, 5) is 12.2. The van der Waals surface area contributed by atoms with Gasteiger partial charge in [0.1, 0.15) is 17.0 Å². The predicted octanol–water partition coefficient (Wildman–Crippen LogP) is 3.72. The van der Waals surface area contributed by atoms with Crippen LogP contribution in [-0.2, 0) is 10.0 Å². The summed E-state index contributed by atoms with van der Waals surface area (Å²) in [5, 5.41) is 3.04. The number of hydrogen-bond donors (Lipinski definition) is 0. The van der Waals surface area contributed by atoms with Crippen LogP contribution in [0.1, 0.15) is 31.7 Å². The van der Waals surface area contributed by atoms with E-state index in [1.807, 2.05) is 23.6 Å². The second-order valence-electron chi connectivity index (χ2n) is 7.11. The predicted molar refractivity (Wildman–Crippen MR) is 114 cm³/mol. The summed E-state index contributed by atoms with van der Waals surface area (Å²) in [7, 11) is -3.47. The quantitative estimate of drug-likeness (QED) is 0.634. The van der Waals surface area contributed by atoms with E-state index in [2.05, 4.69) is 28.7 Å². The van der Waals surface area contributed by atoms with Gasteiger partial charge in [-0.3, -0.25) is 0 Å². The van der Waals surface area contributed by atoms with Crippen molar-refractivity contribution in [2.75, 3.05) is 31.1 Å². The first-order valence-electron chi connectivity index (χ1n) is 9.54. The fourth-order valence-corrected chi connectivity index (χ4v) is 5.67. The molecule has 3 heterocycles. The highest BCUT2D eigenvalue weighted by Gasteiger charge is 2.29. The van der Waals surface area contributed by atoms with E-state index in [4.69, 9.17) is 0 Å². The Balaban J connectivity index is 1.49. The first-order chi connectivity index (χ1) is 13.5. The number of sulfonamides is 1. The molecule has 6 nitrogen and oxygen atoms in total. The maximum absolute atomic E-state index is 13.0. The Morgan fingerprint density at radius 2 is 1.79 bits per heavy atom. The van der Waals surface area contributed by atoms with Gasteiger partial charge in [0.05, 0.1) is 10.3 Å². The number of hydrogen-bond acceptors (Lipinski definition) is 6. The van der Waals surface area contributed by atoms with Crippen LogP contribution in [0.3, 0.4) is 0 Å². The third-order valence-corrected chi connectivity index (χ3v) is 8.21. The molecule has 1 atom stereocenters. The van der Waals surface area contributed by atoms with E-state index in [9.17, 15) is 8.42 Å². The van der Waals surface area contributed by atoms with Crippen LogP contribution in [0, 0.1) is 0 Å². The van der Waals surface area contributed by atoms with E-state index < -0.39 is 10.0 Å². The lowest BCUT2D eigenvalue weighted by molar-refractivity contribution is 0.384. The van der Waals surface area contributed by atoms with E-state index >= 15 is 0 Å². The number of benzene rings is 1. The molecule has 0 radical (unpaired) electrons. The second-order valence-corrected chi connectivity index (χ2v) is 9.94. The van der Waals surface area contributed by atoms with Crippen LogP contribution in [0.5, 0.6) is 0 Å². The monoisotopic (exact) mass is 416 g/mol. The highest BCUT2D eigenvalue weighted by Crippen LogP contribution is 2.28. The Morgan fingerprint density at radius 3 is 2.46 bits per heavy atom. The van der Waals surface area contributed by atoms with Crippen LogP contribution in [-0.4, -0.2) is 48.9 Å². The minimum absolute atomic E-state index is 0.371. The van der Waals surface area contributed by atoms with Crippen molar-refractivity contribution in [2.45, 2.75) is 31.1 Å². The van der Waals surface area contributed by atoms with Crippen molar-refractivity contribution in [1.82, 2.24) is 14.3 Å². The molecule has 1 aliphatic heterocycles. The molecule has 1 aliphatic rings. The molecule has 0 spiro atoms. The number of piperazine rings is 1. The topological polar surface area (TPSA) is 66.4 Å². The van der Waals surface area contributed by atoms with Crippen LogP contribution in [0.4, 0.5) is 5.82 Å². The summed E-state index contributed by atoms with van der Waals surface area (Å²) in [6.07, 6.45) is 2.62. The number of aromatic nitrogens is 2. The van der Waals surface area contributed by atoms with E-state index in [0.29, 0.717) is 37.0 Å². The molecule has 1 fully saturated rings.